The number of amides is 1. The van der Waals surface area contributed by atoms with Gasteiger partial charge in [-0.2, -0.15) is 5.10 Å². The minimum atomic E-state index is 0.207. The molecule has 0 spiro atoms. The quantitative estimate of drug-likeness (QED) is 0.682. The molecular formula is C21H28N6O. The van der Waals surface area contributed by atoms with E-state index >= 15 is 0 Å². The Labute approximate surface area is 165 Å². The highest BCUT2D eigenvalue weighted by molar-refractivity contribution is 5.88. The molecule has 1 aromatic carbocycles. The molecule has 3 heterocycles. The van der Waals surface area contributed by atoms with E-state index < -0.39 is 0 Å². The zero-order valence-corrected chi connectivity index (χ0v) is 17.1. The van der Waals surface area contributed by atoms with E-state index in [1.54, 1.807) is 11.0 Å². The molecule has 148 valence electrons. The summed E-state index contributed by atoms with van der Waals surface area (Å²) in [4.78, 5) is 20.4. The summed E-state index contributed by atoms with van der Waals surface area (Å²) in [5.74, 6) is 1.39. The molecule has 28 heavy (non-hydrogen) atoms. The van der Waals surface area contributed by atoms with Gasteiger partial charge in [-0.3, -0.25) is 14.4 Å². The highest BCUT2D eigenvalue weighted by Gasteiger charge is 2.21. The van der Waals surface area contributed by atoms with Crippen LogP contribution in [-0.4, -0.2) is 68.3 Å². The van der Waals surface area contributed by atoms with Crippen LogP contribution < -0.4 is 0 Å². The lowest BCUT2D eigenvalue weighted by Gasteiger charge is -2.32. The highest BCUT2D eigenvalue weighted by atomic mass is 16.2. The molecule has 0 N–H and O–H groups in total. The predicted octanol–water partition coefficient (Wildman–Crippen LogP) is 2.33. The van der Waals surface area contributed by atoms with Crippen LogP contribution in [0.25, 0.3) is 22.3 Å². The average Bonchev–Trinajstić information content (AvgIpc) is 3.26. The van der Waals surface area contributed by atoms with Gasteiger partial charge in [0.25, 0.3) is 0 Å². The van der Waals surface area contributed by atoms with E-state index in [1.807, 2.05) is 19.0 Å². The summed E-state index contributed by atoms with van der Waals surface area (Å²) in [6, 6.07) is 6.47. The van der Waals surface area contributed by atoms with E-state index in [0.717, 1.165) is 37.6 Å². The number of carbonyl (C=O) groups is 1. The summed E-state index contributed by atoms with van der Waals surface area (Å²) < 4.78 is 4.05. The number of hydrogen-bond donors (Lipinski definition) is 0. The molecule has 1 aliphatic rings. The van der Waals surface area contributed by atoms with Crippen molar-refractivity contribution in [3.63, 3.8) is 0 Å². The van der Waals surface area contributed by atoms with Crippen LogP contribution in [-0.2, 0) is 18.4 Å². The lowest BCUT2D eigenvalue weighted by molar-refractivity contribution is -0.134. The van der Waals surface area contributed by atoms with Gasteiger partial charge in [-0.05, 0) is 29.7 Å². The zero-order chi connectivity index (χ0) is 19.8. The lowest BCUT2D eigenvalue weighted by atomic mass is 10.0. The Morgan fingerprint density at radius 2 is 1.96 bits per heavy atom. The van der Waals surface area contributed by atoms with Gasteiger partial charge in [0.2, 0.25) is 5.91 Å². The Morgan fingerprint density at radius 3 is 2.64 bits per heavy atom. The number of carbonyl (C=O) groups excluding carboxylic acids is 1. The maximum absolute atomic E-state index is 12.0. The molecular weight excluding hydrogens is 352 g/mol. The van der Waals surface area contributed by atoms with Crippen molar-refractivity contribution in [1.29, 1.82) is 0 Å². The topological polar surface area (TPSA) is 59.2 Å². The molecule has 0 aliphatic carbocycles. The number of hydrogen-bond acceptors (Lipinski definition) is 4. The monoisotopic (exact) mass is 380 g/mol. The Balaban J connectivity index is 1.61. The zero-order valence-electron chi connectivity index (χ0n) is 17.1. The lowest BCUT2D eigenvalue weighted by Crippen LogP contribution is -2.49. The highest BCUT2D eigenvalue weighted by Crippen LogP contribution is 2.30. The van der Waals surface area contributed by atoms with Crippen LogP contribution in [0, 0.1) is 0 Å². The summed E-state index contributed by atoms with van der Waals surface area (Å²) in [7, 11) is 3.76. The smallest absolute Gasteiger partial charge is 0.236 e. The maximum Gasteiger partial charge on any atom is 0.236 e. The fourth-order valence-corrected chi connectivity index (χ4v) is 3.83. The van der Waals surface area contributed by atoms with E-state index in [4.69, 9.17) is 0 Å². The first-order valence-electron chi connectivity index (χ1n) is 9.87. The van der Waals surface area contributed by atoms with Gasteiger partial charge in [0, 0.05) is 62.9 Å². The summed E-state index contributed by atoms with van der Waals surface area (Å²) in [6.45, 7) is 8.47. The normalized spacial score (nSPS) is 15.9. The Hall–Kier alpha value is -2.67. The SMILES string of the molecule is CC(C)c1cn(CCN2CCN(C)C(=O)C2)c2ccc(-c3ncn(C)n3)cc12. The number of aryl methyl sites for hydroxylation is 1. The van der Waals surface area contributed by atoms with Gasteiger partial charge in [-0.1, -0.05) is 13.8 Å². The minimum Gasteiger partial charge on any atom is -0.346 e. The fraction of sp³-hybridized carbons (Fsp3) is 0.476. The first-order valence-corrected chi connectivity index (χ1v) is 9.87. The molecule has 7 heteroatoms. The van der Waals surface area contributed by atoms with Crippen molar-refractivity contribution in [2.24, 2.45) is 7.05 Å². The van der Waals surface area contributed by atoms with Crippen molar-refractivity contribution in [2.45, 2.75) is 26.3 Å². The van der Waals surface area contributed by atoms with E-state index in [1.165, 1.54) is 16.5 Å². The molecule has 0 saturated carbocycles. The first-order chi connectivity index (χ1) is 13.4. The van der Waals surface area contributed by atoms with Gasteiger partial charge >= 0.3 is 0 Å². The van der Waals surface area contributed by atoms with Gasteiger partial charge in [0.1, 0.15) is 6.33 Å². The molecule has 1 fully saturated rings. The third-order valence-corrected chi connectivity index (χ3v) is 5.59. The van der Waals surface area contributed by atoms with Gasteiger partial charge in [-0.25, -0.2) is 4.98 Å². The van der Waals surface area contributed by atoms with Crippen LogP contribution in [0.5, 0.6) is 0 Å². The molecule has 1 amide bonds. The number of piperazine rings is 1. The van der Waals surface area contributed by atoms with Crippen molar-refractivity contribution in [3.8, 4) is 11.4 Å². The molecule has 7 nitrogen and oxygen atoms in total. The van der Waals surface area contributed by atoms with E-state index in [-0.39, 0.29) is 5.91 Å². The third kappa shape index (κ3) is 3.54. The number of nitrogens with zero attached hydrogens (tertiary/aromatic N) is 6. The van der Waals surface area contributed by atoms with E-state index in [9.17, 15) is 4.79 Å². The average molecular weight is 380 g/mol. The van der Waals surface area contributed by atoms with Crippen molar-refractivity contribution in [3.05, 3.63) is 36.3 Å². The molecule has 0 radical (unpaired) electrons. The van der Waals surface area contributed by atoms with Crippen LogP contribution in [0.1, 0.15) is 25.3 Å². The number of benzene rings is 1. The molecule has 4 rings (SSSR count). The van der Waals surface area contributed by atoms with Crippen molar-refractivity contribution < 1.29 is 4.79 Å². The van der Waals surface area contributed by atoms with Crippen LogP contribution in [0.3, 0.4) is 0 Å². The van der Waals surface area contributed by atoms with Gasteiger partial charge in [-0.15, -0.1) is 0 Å². The van der Waals surface area contributed by atoms with Crippen LogP contribution in [0.2, 0.25) is 0 Å². The minimum absolute atomic E-state index is 0.207. The van der Waals surface area contributed by atoms with Crippen LogP contribution >= 0.6 is 0 Å². The van der Waals surface area contributed by atoms with Crippen molar-refractivity contribution >= 4 is 16.8 Å². The van der Waals surface area contributed by atoms with Gasteiger partial charge < -0.3 is 9.47 Å². The second kappa shape index (κ2) is 7.39. The summed E-state index contributed by atoms with van der Waals surface area (Å²) in [5.41, 5.74) is 3.60. The second-order valence-corrected chi connectivity index (χ2v) is 8.00. The van der Waals surface area contributed by atoms with E-state index in [2.05, 4.69) is 57.8 Å². The fourth-order valence-electron chi connectivity index (χ4n) is 3.83. The number of rotatable bonds is 5. The van der Waals surface area contributed by atoms with Gasteiger partial charge in [0.05, 0.1) is 6.54 Å². The Bertz CT molecular complexity index is 1000. The molecule has 3 aromatic rings. The molecule has 2 aromatic heterocycles. The maximum atomic E-state index is 12.0. The standard InChI is InChI=1S/C21H28N6O/c1-15(2)18-12-27(10-9-26-8-7-24(3)20(28)13-26)19-6-5-16(11-17(18)19)21-22-14-25(4)23-21/h5-6,11-12,14-15H,7-10,13H2,1-4H3. The van der Waals surface area contributed by atoms with Crippen molar-refractivity contribution in [2.75, 3.05) is 33.2 Å². The molecule has 0 atom stereocenters. The van der Waals surface area contributed by atoms with Crippen molar-refractivity contribution in [1.82, 2.24) is 29.1 Å². The number of aromatic nitrogens is 4. The summed E-state index contributed by atoms with van der Waals surface area (Å²) >= 11 is 0. The predicted molar refractivity (Wildman–Crippen MR) is 110 cm³/mol. The van der Waals surface area contributed by atoms with Crippen LogP contribution in [0.4, 0.5) is 0 Å². The first kappa shape index (κ1) is 18.7. The van der Waals surface area contributed by atoms with Gasteiger partial charge in [0.15, 0.2) is 5.82 Å². The van der Waals surface area contributed by atoms with Crippen LogP contribution in [0.15, 0.2) is 30.7 Å². The Morgan fingerprint density at radius 1 is 1.14 bits per heavy atom. The number of fused-ring (bicyclic) bond motifs is 1. The second-order valence-electron chi connectivity index (χ2n) is 8.00. The van der Waals surface area contributed by atoms with E-state index in [0.29, 0.717) is 12.5 Å². The number of likely N-dealkylation sites (N-methyl/N-ethyl adjacent to an activating group) is 1. The molecule has 1 aliphatic heterocycles. The summed E-state index contributed by atoms with van der Waals surface area (Å²) in [6.07, 6.45) is 3.99. The Kier molecular flexibility index (Phi) is 4.93. The molecule has 0 unspecified atom stereocenters. The third-order valence-electron chi connectivity index (χ3n) is 5.59. The molecule has 1 saturated heterocycles. The summed E-state index contributed by atoms with van der Waals surface area (Å²) in [5, 5.41) is 5.69. The molecule has 0 bridgehead atoms. The largest absolute Gasteiger partial charge is 0.346 e.